The monoisotopic (exact) mass is 775 g/mol. The van der Waals surface area contributed by atoms with Crippen molar-refractivity contribution in [3.63, 3.8) is 0 Å². The van der Waals surface area contributed by atoms with Gasteiger partial charge >= 0.3 is 12.1 Å². The number of nitrogens with zero attached hydrogens (tertiary/aromatic N) is 4. The quantitative estimate of drug-likeness (QED) is 0.0846. The van der Waals surface area contributed by atoms with E-state index in [4.69, 9.17) is 25.8 Å². The second kappa shape index (κ2) is 18.7. The number of carbonyl (C=O) groups excluding carboxylic acids is 3. The lowest BCUT2D eigenvalue weighted by molar-refractivity contribution is -0.131. The highest BCUT2D eigenvalue weighted by Crippen LogP contribution is 2.47. The number of allylic oxidation sites excluding steroid dienone is 1. The molecule has 308 valence electrons. The van der Waals surface area contributed by atoms with Gasteiger partial charge in [-0.05, 0) is 63.7 Å². The maximum absolute atomic E-state index is 14.7. The fourth-order valence-electron chi connectivity index (χ4n) is 8.10. The van der Waals surface area contributed by atoms with E-state index < -0.39 is 23.6 Å². The average molecular weight is 775 g/mol. The molecule has 0 saturated heterocycles. The molecule has 0 radical (unpaired) electrons. The zero-order chi connectivity index (χ0) is 41.5. The molecule has 56 heavy (non-hydrogen) atoms. The normalized spacial score (nSPS) is 24.1. The summed E-state index contributed by atoms with van der Waals surface area (Å²) >= 11 is 0. The number of carbonyl (C=O) groups is 3. The second-order valence-corrected chi connectivity index (χ2v) is 18.2. The molecular weight excluding hydrogens is 709 g/mol. The SMILES string of the molecule is [C-]#[N+]c1c(C(=O)OC2C(C=C(C)C)CC(C)CC2C(C)(C)C)c2nc(C3CCC(OCCCC)C(NC(=O)C(C)(C)C)C3)[nH]n2c1OC(=O)N(CC=C)CC=C. The highest BCUT2D eigenvalue weighted by Gasteiger charge is 2.45. The minimum atomic E-state index is -0.738. The van der Waals surface area contributed by atoms with E-state index in [0.29, 0.717) is 37.6 Å². The van der Waals surface area contributed by atoms with E-state index in [-0.39, 0.29) is 77.1 Å². The van der Waals surface area contributed by atoms with Gasteiger partial charge in [0.15, 0.2) is 5.65 Å². The first kappa shape index (κ1) is 44.3. The van der Waals surface area contributed by atoms with Gasteiger partial charge in [0.25, 0.3) is 5.69 Å². The zero-order valence-electron chi connectivity index (χ0n) is 35.5. The van der Waals surface area contributed by atoms with E-state index in [1.54, 1.807) is 12.2 Å². The molecule has 2 aliphatic carbocycles. The Balaban J connectivity index is 1.82. The van der Waals surface area contributed by atoms with Crippen LogP contribution in [0.2, 0.25) is 0 Å². The molecule has 2 heterocycles. The standard InChI is InChI=1S/C44H66N6O6/c1-14-17-22-54-33-19-18-29(26-32(33)46-41(52)44(10,11)12)37-47-38-34(35(45-13)39(50(38)48-37)56-42(53)49(20-15-2)21-16-3)40(51)55-36-30(23-27(4)5)24-28(6)25-31(36)43(7,8)9/h15-16,23,28-33,36H,2-3,14,17-22,24-26H2,1,4-12H3,(H,46,52)(H,47,48). The Labute approximate surface area is 334 Å². The number of aromatic nitrogens is 3. The number of rotatable bonds is 14. The number of hydrogen-bond acceptors (Lipinski definition) is 7. The van der Waals surface area contributed by atoms with Crippen molar-refractivity contribution >= 4 is 29.3 Å². The zero-order valence-corrected chi connectivity index (χ0v) is 35.5. The van der Waals surface area contributed by atoms with E-state index in [0.717, 1.165) is 31.3 Å². The van der Waals surface area contributed by atoms with Gasteiger partial charge in [-0.15, -0.1) is 13.2 Å². The molecule has 12 nitrogen and oxygen atoms in total. The molecule has 2 aromatic rings. The lowest BCUT2D eigenvalue weighted by atomic mass is 9.64. The Morgan fingerprint density at radius 1 is 1.07 bits per heavy atom. The van der Waals surface area contributed by atoms with Crippen molar-refractivity contribution in [2.75, 3.05) is 19.7 Å². The van der Waals surface area contributed by atoms with Crippen LogP contribution in [0.15, 0.2) is 37.0 Å². The van der Waals surface area contributed by atoms with Crippen LogP contribution >= 0.6 is 0 Å². The van der Waals surface area contributed by atoms with Crippen LogP contribution in [0.1, 0.15) is 136 Å². The highest BCUT2D eigenvalue weighted by molar-refractivity contribution is 6.05. The van der Waals surface area contributed by atoms with Gasteiger partial charge in [-0.3, -0.25) is 9.89 Å². The average Bonchev–Trinajstić information content (AvgIpc) is 3.66. The molecule has 2 saturated carbocycles. The summed E-state index contributed by atoms with van der Waals surface area (Å²) in [5.74, 6) is -0.0518. The summed E-state index contributed by atoms with van der Waals surface area (Å²) in [5, 5.41) is 6.54. The lowest BCUT2D eigenvalue weighted by Gasteiger charge is -2.45. The third-order valence-electron chi connectivity index (χ3n) is 11.0. The molecule has 2 aliphatic rings. The van der Waals surface area contributed by atoms with Crippen molar-refractivity contribution in [2.24, 2.45) is 28.6 Å². The third-order valence-corrected chi connectivity index (χ3v) is 11.0. The number of hydrogen-bond donors (Lipinski definition) is 2. The highest BCUT2D eigenvalue weighted by atomic mass is 16.6. The summed E-state index contributed by atoms with van der Waals surface area (Å²) in [6.45, 7) is 37.4. The molecule has 0 aromatic carbocycles. The molecule has 2 aromatic heterocycles. The first-order valence-electron chi connectivity index (χ1n) is 20.3. The van der Waals surface area contributed by atoms with Crippen LogP contribution in [-0.2, 0) is 14.3 Å². The van der Waals surface area contributed by atoms with Gasteiger partial charge in [-0.2, -0.15) is 0 Å². The molecule has 7 atom stereocenters. The van der Waals surface area contributed by atoms with Crippen molar-refractivity contribution in [2.45, 2.75) is 138 Å². The first-order valence-corrected chi connectivity index (χ1v) is 20.3. The number of nitrogens with one attached hydrogen (secondary N) is 2. The van der Waals surface area contributed by atoms with Crippen molar-refractivity contribution in [3.05, 3.63) is 59.8 Å². The molecule has 0 spiro atoms. The topological polar surface area (TPSA) is 132 Å². The Morgan fingerprint density at radius 2 is 1.75 bits per heavy atom. The van der Waals surface area contributed by atoms with E-state index in [2.05, 4.69) is 83.0 Å². The Kier molecular flexibility index (Phi) is 14.8. The van der Waals surface area contributed by atoms with Crippen LogP contribution in [0.5, 0.6) is 5.88 Å². The maximum Gasteiger partial charge on any atom is 0.416 e. The molecule has 7 unspecified atom stereocenters. The molecule has 2 amide bonds. The van der Waals surface area contributed by atoms with Gasteiger partial charge in [0.1, 0.15) is 17.5 Å². The molecule has 0 aliphatic heterocycles. The maximum atomic E-state index is 14.7. The van der Waals surface area contributed by atoms with Crippen LogP contribution in [0.3, 0.4) is 0 Å². The van der Waals surface area contributed by atoms with Crippen LogP contribution in [0.4, 0.5) is 10.5 Å². The molecule has 0 bridgehead atoms. The number of unbranched alkanes of at least 4 members (excludes halogenated alkanes) is 1. The number of H-pyrrole nitrogens is 1. The van der Waals surface area contributed by atoms with Crippen LogP contribution < -0.4 is 10.1 Å². The Bertz CT molecular complexity index is 1790. The van der Waals surface area contributed by atoms with E-state index in [9.17, 15) is 14.4 Å². The van der Waals surface area contributed by atoms with E-state index >= 15 is 0 Å². The summed E-state index contributed by atoms with van der Waals surface area (Å²) in [4.78, 5) is 51.6. The predicted octanol–water partition coefficient (Wildman–Crippen LogP) is 9.57. The number of aromatic amines is 1. The van der Waals surface area contributed by atoms with Gasteiger partial charge in [0, 0.05) is 42.9 Å². The Hall–Kier alpha value is -4.37. The Morgan fingerprint density at radius 3 is 2.32 bits per heavy atom. The minimum Gasteiger partial charge on any atom is -0.459 e. The van der Waals surface area contributed by atoms with Gasteiger partial charge in [0.05, 0.1) is 18.7 Å². The summed E-state index contributed by atoms with van der Waals surface area (Å²) in [5.41, 5.74) is 0.312. The number of esters is 1. The first-order chi connectivity index (χ1) is 26.3. The minimum absolute atomic E-state index is 0.0141. The molecule has 12 heteroatoms. The summed E-state index contributed by atoms with van der Waals surface area (Å²) in [7, 11) is 0. The summed E-state index contributed by atoms with van der Waals surface area (Å²) < 4.78 is 20.2. The van der Waals surface area contributed by atoms with Gasteiger partial charge in [-0.1, -0.05) is 85.6 Å². The van der Waals surface area contributed by atoms with Crippen LogP contribution in [-0.4, -0.2) is 75.4 Å². The smallest absolute Gasteiger partial charge is 0.416 e. The number of ether oxygens (including phenoxy) is 3. The van der Waals surface area contributed by atoms with Gasteiger partial charge < -0.3 is 24.4 Å². The summed E-state index contributed by atoms with van der Waals surface area (Å²) in [6.07, 6.45) is 9.59. The summed E-state index contributed by atoms with van der Waals surface area (Å²) in [6, 6.07) is -0.274. The molecular formula is C44H66N6O6. The predicted molar refractivity (Wildman–Crippen MR) is 220 cm³/mol. The van der Waals surface area contributed by atoms with Crippen molar-refractivity contribution in [1.82, 2.24) is 24.8 Å². The van der Waals surface area contributed by atoms with Gasteiger partial charge in [0.2, 0.25) is 11.8 Å². The van der Waals surface area contributed by atoms with Crippen molar-refractivity contribution in [1.29, 1.82) is 0 Å². The van der Waals surface area contributed by atoms with Crippen molar-refractivity contribution < 1.29 is 28.6 Å². The van der Waals surface area contributed by atoms with E-state index in [1.165, 1.54) is 9.42 Å². The van der Waals surface area contributed by atoms with E-state index in [1.807, 2.05) is 20.8 Å². The third kappa shape index (κ3) is 10.5. The van der Waals surface area contributed by atoms with Crippen LogP contribution in [0.25, 0.3) is 10.5 Å². The van der Waals surface area contributed by atoms with Crippen LogP contribution in [0, 0.1) is 35.2 Å². The number of amides is 2. The van der Waals surface area contributed by atoms with Crippen molar-refractivity contribution in [3.8, 4) is 5.88 Å². The largest absolute Gasteiger partial charge is 0.459 e. The fourth-order valence-corrected chi connectivity index (χ4v) is 8.10. The fraction of sp³-hybridized carbons (Fsp3) is 0.659. The number of fused-ring (bicyclic) bond motifs is 1. The lowest BCUT2D eigenvalue weighted by Crippen LogP contribution is -2.51. The second-order valence-electron chi connectivity index (χ2n) is 18.2. The molecule has 2 fully saturated rings. The van der Waals surface area contributed by atoms with Gasteiger partial charge in [-0.25, -0.2) is 23.9 Å². The molecule has 4 rings (SSSR count). The molecule has 2 N–H and O–H groups in total.